The third kappa shape index (κ3) is 3.45. The number of carbonyl (C=O) groups excluding carboxylic acids is 1. The van der Waals surface area contributed by atoms with Gasteiger partial charge in [0.2, 0.25) is 0 Å². The van der Waals surface area contributed by atoms with Crippen LogP contribution in [0.25, 0.3) is 10.9 Å². The van der Waals surface area contributed by atoms with E-state index in [0.717, 1.165) is 5.39 Å². The number of hydrogen-bond donors (Lipinski definition) is 2. The molecule has 5 nitrogen and oxygen atoms in total. The van der Waals surface area contributed by atoms with Crippen LogP contribution in [0.1, 0.15) is 26.3 Å². The molecule has 0 radical (unpaired) electrons. The molecule has 0 saturated carbocycles. The lowest BCUT2D eigenvalue weighted by Gasteiger charge is -2.19. The Balaban J connectivity index is 2.29. The summed E-state index contributed by atoms with van der Waals surface area (Å²) in [5, 5.41) is 12.9. The highest BCUT2D eigenvalue weighted by molar-refractivity contribution is 5.88. The van der Waals surface area contributed by atoms with Gasteiger partial charge in [0.15, 0.2) is 0 Å². The van der Waals surface area contributed by atoms with Crippen LogP contribution in [0.2, 0.25) is 0 Å². The second-order valence-electron chi connectivity index (χ2n) is 5.47. The minimum absolute atomic E-state index is 0.119. The number of pyridine rings is 1. The highest BCUT2D eigenvalue weighted by atomic mass is 16.6. The molecule has 0 aliphatic rings. The summed E-state index contributed by atoms with van der Waals surface area (Å²) in [5.41, 5.74) is 0.854. The number of amides is 1. The highest BCUT2D eigenvalue weighted by Gasteiger charge is 2.17. The maximum Gasteiger partial charge on any atom is 0.413 e. The van der Waals surface area contributed by atoms with Crippen molar-refractivity contribution < 1.29 is 14.6 Å². The Morgan fingerprint density at radius 1 is 1.35 bits per heavy atom. The van der Waals surface area contributed by atoms with Gasteiger partial charge < -0.3 is 9.84 Å². The van der Waals surface area contributed by atoms with Gasteiger partial charge >= 0.3 is 6.09 Å². The minimum atomic E-state index is -0.569. The largest absolute Gasteiger partial charge is 0.444 e. The molecule has 2 N–H and O–H groups in total. The third-order valence-electron chi connectivity index (χ3n) is 2.60. The number of aliphatic hydroxyl groups is 1. The summed E-state index contributed by atoms with van der Waals surface area (Å²) in [6.07, 6.45) is -0.566. The number of fused-ring (bicyclic) bond motifs is 1. The van der Waals surface area contributed by atoms with Crippen molar-refractivity contribution >= 4 is 22.8 Å². The number of aromatic nitrogens is 1. The van der Waals surface area contributed by atoms with Crippen LogP contribution >= 0.6 is 0 Å². The van der Waals surface area contributed by atoms with E-state index in [4.69, 9.17) is 4.74 Å². The van der Waals surface area contributed by atoms with Crippen molar-refractivity contribution in [1.82, 2.24) is 4.98 Å². The van der Waals surface area contributed by atoms with Gasteiger partial charge in [-0.1, -0.05) is 18.2 Å². The fourth-order valence-electron chi connectivity index (χ4n) is 1.85. The van der Waals surface area contributed by atoms with Crippen LogP contribution in [0.4, 0.5) is 10.6 Å². The number of aliphatic hydroxyl groups excluding tert-OH is 1. The van der Waals surface area contributed by atoms with Gasteiger partial charge in [-0.05, 0) is 38.5 Å². The normalized spacial score (nSPS) is 11.4. The average molecular weight is 274 g/mol. The van der Waals surface area contributed by atoms with Crippen molar-refractivity contribution in [2.45, 2.75) is 33.0 Å². The summed E-state index contributed by atoms with van der Waals surface area (Å²) in [5.74, 6) is 0.363. The molecule has 1 aromatic heterocycles. The van der Waals surface area contributed by atoms with E-state index in [1.54, 1.807) is 26.8 Å². The Kier molecular flexibility index (Phi) is 3.90. The molecule has 0 bridgehead atoms. The van der Waals surface area contributed by atoms with Crippen molar-refractivity contribution in [1.29, 1.82) is 0 Å². The quantitative estimate of drug-likeness (QED) is 0.882. The Morgan fingerprint density at radius 2 is 2.05 bits per heavy atom. The number of hydrogen-bond acceptors (Lipinski definition) is 4. The lowest BCUT2D eigenvalue weighted by Crippen LogP contribution is -2.27. The van der Waals surface area contributed by atoms with Crippen LogP contribution in [0.3, 0.4) is 0 Å². The van der Waals surface area contributed by atoms with E-state index in [0.29, 0.717) is 16.9 Å². The predicted molar refractivity (Wildman–Crippen MR) is 77.5 cm³/mol. The van der Waals surface area contributed by atoms with Gasteiger partial charge in [0.1, 0.15) is 11.4 Å². The van der Waals surface area contributed by atoms with E-state index >= 15 is 0 Å². The maximum absolute atomic E-state index is 11.7. The number of carbonyl (C=O) groups is 1. The average Bonchev–Trinajstić information content (AvgIpc) is 2.35. The van der Waals surface area contributed by atoms with Crippen LogP contribution in [-0.2, 0) is 11.3 Å². The van der Waals surface area contributed by atoms with E-state index in [1.807, 2.05) is 24.3 Å². The molecule has 0 fully saturated rings. The zero-order valence-electron chi connectivity index (χ0n) is 11.8. The number of rotatable bonds is 2. The van der Waals surface area contributed by atoms with Gasteiger partial charge in [0, 0.05) is 5.39 Å². The number of nitrogens with one attached hydrogen (secondary N) is 1. The molecule has 0 aliphatic carbocycles. The summed E-state index contributed by atoms with van der Waals surface area (Å²) in [7, 11) is 0. The van der Waals surface area contributed by atoms with Crippen LogP contribution in [0.5, 0.6) is 0 Å². The summed E-state index contributed by atoms with van der Waals surface area (Å²) >= 11 is 0. The van der Waals surface area contributed by atoms with Crippen LogP contribution < -0.4 is 5.32 Å². The van der Waals surface area contributed by atoms with Gasteiger partial charge in [-0.3, -0.25) is 5.32 Å². The molecule has 0 atom stereocenters. The molecule has 0 aliphatic heterocycles. The minimum Gasteiger partial charge on any atom is -0.444 e. The lowest BCUT2D eigenvalue weighted by molar-refractivity contribution is 0.0635. The Hall–Kier alpha value is -2.14. The summed E-state index contributed by atoms with van der Waals surface area (Å²) in [6.45, 7) is 5.25. The molecule has 0 spiro atoms. The van der Waals surface area contributed by atoms with Gasteiger partial charge in [-0.25, -0.2) is 9.78 Å². The number of nitrogens with zero attached hydrogens (tertiary/aromatic N) is 1. The summed E-state index contributed by atoms with van der Waals surface area (Å²) < 4.78 is 5.17. The highest BCUT2D eigenvalue weighted by Crippen LogP contribution is 2.21. The predicted octanol–water partition coefficient (Wildman–Crippen LogP) is 3.07. The molecular weight excluding hydrogens is 256 g/mol. The zero-order chi connectivity index (χ0) is 14.8. The van der Waals surface area contributed by atoms with Crippen molar-refractivity contribution in [3.8, 4) is 0 Å². The SMILES string of the molecule is CC(C)(C)OC(=O)Nc1cc(CO)c2ccccc2n1. The molecule has 1 heterocycles. The molecule has 2 aromatic rings. The molecule has 20 heavy (non-hydrogen) atoms. The van der Waals surface area contributed by atoms with E-state index in [-0.39, 0.29) is 6.61 Å². The fraction of sp³-hybridized carbons (Fsp3) is 0.333. The fourth-order valence-corrected chi connectivity index (χ4v) is 1.85. The van der Waals surface area contributed by atoms with Gasteiger partial charge in [-0.2, -0.15) is 0 Å². The standard InChI is InChI=1S/C15H18N2O3/c1-15(2,3)20-14(19)17-13-8-10(9-18)11-6-4-5-7-12(11)16-13/h4-8,18H,9H2,1-3H3,(H,16,17,19). The van der Waals surface area contributed by atoms with Gasteiger partial charge in [-0.15, -0.1) is 0 Å². The van der Waals surface area contributed by atoms with Crippen molar-refractivity contribution in [2.75, 3.05) is 5.32 Å². The van der Waals surface area contributed by atoms with Gasteiger partial charge in [0.25, 0.3) is 0 Å². The summed E-state index contributed by atoms with van der Waals surface area (Å²) in [6, 6.07) is 9.09. The Bertz CT molecular complexity index is 633. The number of benzene rings is 1. The second-order valence-corrected chi connectivity index (χ2v) is 5.47. The first-order chi connectivity index (χ1) is 9.39. The van der Waals surface area contributed by atoms with Crippen molar-refractivity contribution in [2.24, 2.45) is 0 Å². The van der Waals surface area contributed by atoms with E-state index in [9.17, 15) is 9.90 Å². The molecule has 2 rings (SSSR count). The van der Waals surface area contributed by atoms with Crippen molar-refractivity contribution in [3.05, 3.63) is 35.9 Å². The Labute approximate surface area is 117 Å². The number of anilines is 1. The number of ether oxygens (including phenoxy) is 1. The lowest BCUT2D eigenvalue weighted by atomic mass is 10.1. The third-order valence-corrected chi connectivity index (χ3v) is 2.60. The van der Waals surface area contributed by atoms with Crippen LogP contribution in [-0.4, -0.2) is 21.8 Å². The molecule has 1 aromatic carbocycles. The van der Waals surface area contributed by atoms with Gasteiger partial charge in [0.05, 0.1) is 12.1 Å². The summed E-state index contributed by atoms with van der Waals surface area (Å²) in [4.78, 5) is 16.1. The molecule has 0 saturated heterocycles. The molecule has 106 valence electrons. The topological polar surface area (TPSA) is 71.5 Å². The van der Waals surface area contributed by atoms with E-state index in [2.05, 4.69) is 10.3 Å². The maximum atomic E-state index is 11.7. The first-order valence-corrected chi connectivity index (χ1v) is 6.38. The van der Waals surface area contributed by atoms with Crippen LogP contribution in [0, 0.1) is 0 Å². The molecule has 5 heteroatoms. The van der Waals surface area contributed by atoms with Crippen molar-refractivity contribution in [3.63, 3.8) is 0 Å². The zero-order valence-corrected chi connectivity index (χ0v) is 11.8. The Morgan fingerprint density at radius 3 is 2.70 bits per heavy atom. The monoisotopic (exact) mass is 274 g/mol. The first kappa shape index (κ1) is 14.3. The molecule has 1 amide bonds. The van der Waals surface area contributed by atoms with E-state index in [1.165, 1.54) is 0 Å². The first-order valence-electron chi connectivity index (χ1n) is 6.38. The smallest absolute Gasteiger partial charge is 0.413 e. The molecule has 0 unspecified atom stereocenters. The van der Waals surface area contributed by atoms with Crippen LogP contribution in [0.15, 0.2) is 30.3 Å². The number of para-hydroxylation sites is 1. The second kappa shape index (κ2) is 5.46. The van der Waals surface area contributed by atoms with E-state index < -0.39 is 11.7 Å². The molecular formula is C15H18N2O3.